The van der Waals surface area contributed by atoms with Crippen LogP contribution in [0.15, 0.2) is 24.4 Å². The summed E-state index contributed by atoms with van der Waals surface area (Å²) in [6.45, 7) is 2.55. The van der Waals surface area contributed by atoms with E-state index >= 15 is 0 Å². The molecule has 1 atom stereocenters. The van der Waals surface area contributed by atoms with Crippen molar-refractivity contribution in [3.05, 3.63) is 41.2 Å². The summed E-state index contributed by atoms with van der Waals surface area (Å²) in [5.41, 5.74) is 7.28. The summed E-state index contributed by atoms with van der Waals surface area (Å²) in [6, 6.07) is 5.36. The molecule has 0 aliphatic carbocycles. The third kappa shape index (κ3) is 4.73. The lowest BCUT2D eigenvalue weighted by Crippen LogP contribution is -2.43. The molecule has 2 aromatic rings. The van der Waals surface area contributed by atoms with E-state index in [4.69, 9.17) is 10.4 Å². The zero-order valence-electron chi connectivity index (χ0n) is 17.9. The minimum atomic E-state index is -1.19. The molecule has 3 heterocycles. The lowest BCUT2D eigenvalue weighted by molar-refractivity contribution is -0.120. The van der Waals surface area contributed by atoms with Gasteiger partial charge in [-0.15, -0.1) is 5.10 Å². The minimum Gasteiger partial charge on any atom is -0.535 e. The highest BCUT2D eigenvalue weighted by Crippen LogP contribution is 2.36. The van der Waals surface area contributed by atoms with E-state index in [0.29, 0.717) is 30.8 Å². The Balaban J connectivity index is 1.36. The van der Waals surface area contributed by atoms with Gasteiger partial charge in [0.25, 0.3) is 5.91 Å². The number of ketones is 2. The average Bonchev–Trinajstić information content (AvgIpc) is 3.22. The monoisotopic (exact) mass is 439 g/mol. The fourth-order valence-corrected chi connectivity index (χ4v) is 4.21. The van der Waals surface area contributed by atoms with Gasteiger partial charge in [0.15, 0.2) is 17.3 Å². The fraction of sp³-hybridized carbons (Fsp3) is 0.476. The highest BCUT2D eigenvalue weighted by molar-refractivity contribution is 6.47. The largest absolute Gasteiger partial charge is 0.535 e. The molecule has 1 amide bonds. The number of likely N-dealkylation sites (tertiary alicyclic amines) is 1. The van der Waals surface area contributed by atoms with E-state index in [0.717, 1.165) is 18.4 Å². The van der Waals surface area contributed by atoms with Gasteiger partial charge in [-0.3, -0.25) is 14.4 Å². The van der Waals surface area contributed by atoms with Crippen LogP contribution in [-0.4, -0.2) is 68.6 Å². The van der Waals surface area contributed by atoms with Crippen LogP contribution in [0.3, 0.4) is 0 Å². The van der Waals surface area contributed by atoms with Gasteiger partial charge >= 0.3 is 7.12 Å². The molecular formula is C21H26BN5O5. The number of nitrogens with zero attached hydrogens (tertiary/aromatic N) is 4. The first-order valence-corrected chi connectivity index (χ1v) is 10.8. The van der Waals surface area contributed by atoms with Crippen molar-refractivity contribution < 1.29 is 24.1 Å². The van der Waals surface area contributed by atoms with Gasteiger partial charge in [-0.05, 0) is 37.8 Å². The van der Waals surface area contributed by atoms with Crippen molar-refractivity contribution in [1.29, 1.82) is 0 Å². The van der Waals surface area contributed by atoms with Crippen LogP contribution in [0.2, 0.25) is 5.82 Å². The zero-order chi connectivity index (χ0) is 22.8. The van der Waals surface area contributed by atoms with Gasteiger partial charge in [0, 0.05) is 31.4 Å². The first-order chi connectivity index (χ1) is 15.3. The van der Waals surface area contributed by atoms with Crippen LogP contribution in [0.5, 0.6) is 5.75 Å². The predicted molar refractivity (Wildman–Crippen MR) is 115 cm³/mol. The summed E-state index contributed by atoms with van der Waals surface area (Å²) >= 11 is 0. The van der Waals surface area contributed by atoms with Gasteiger partial charge in [0.1, 0.15) is 12.3 Å². The smallest absolute Gasteiger partial charge is 0.526 e. The number of benzene rings is 1. The maximum absolute atomic E-state index is 12.6. The number of para-hydroxylation sites is 1. The van der Waals surface area contributed by atoms with Crippen LogP contribution < -0.4 is 10.4 Å². The standard InChI is InChI=1S/C21H26BN5O5/c1-13(28)18-4-2-3-14-9-15(22(31)32-20(14)18)10-17(29)11-27-12-19(24-25-27)21(30)26-7-5-16(23)6-8-26/h2-4,12,15-16,31H,5-11,23H2,1H3/t15-/m1/s1. The Bertz CT molecular complexity index is 1030. The van der Waals surface area contributed by atoms with Gasteiger partial charge in [0.05, 0.1) is 11.8 Å². The lowest BCUT2D eigenvalue weighted by Gasteiger charge is -2.29. The minimum absolute atomic E-state index is 0.0608. The molecule has 0 spiro atoms. The van der Waals surface area contributed by atoms with Crippen molar-refractivity contribution in [2.75, 3.05) is 13.1 Å². The summed E-state index contributed by atoms with van der Waals surface area (Å²) in [6.07, 6.45) is 3.46. The molecule has 0 radical (unpaired) electrons. The van der Waals surface area contributed by atoms with Crippen LogP contribution in [0, 0.1) is 0 Å². The Labute approximate surface area is 185 Å². The molecule has 2 aliphatic heterocycles. The summed E-state index contributed by atoms with van der Waals surface area (Å²) in [5, 5.41) is 18.2. The van der Waals surface area contributed by atoms with Crippen LogP contribution >= 0.6 is 0 Å². The number of carbonyl (C=O) groups is 3. The quantitative estimate of drug-likeness (QED) is 0.490. The van der Waals surface area contributed by atoms with Crippen molar-refractivity contribution in [2.24, 2.45) is 5.73 Å². The average molecular weight is 439 g/mol. The summed E-state index contributed by atoms with van der Waals surface area (Å²) in [7, 11) is -1.19. The maximum Gasteiger partial charge on any atom is 0.526 e. The Kier molecular flexibility index (Phi) is 6.38. The van der Waals surface area contributed by atoms with Crippen molar-refractivity contribution >= 4 is 24.6 Å². The van der Waals surface area contributed by atoms with Gasteiger partial charge in [-0.1, -0.05) is 17.3 Å². The van der Waals surface area contributed by atoms with Crippen molar-refractivity contribution in [3.63, 3.8) is 0 Å². The van der Waals surface area contributed by atoms with Gasteiger partial charge in [-0.25, -0.2) is 4.68 Å². The van der Waals surface area contributed by atoms with Crippen LogP contribution in [0.25, 0.3) is 0 Å². The van der Waals surface area contributed by atoms with Crippen molar-refractivity contribution in [1.82, 2.24) is 19.9 Å². The number of rotatable bonds is 6. The number of aromatic nitrogens is 3. The SMILES string of the molecule is CC(=O)c1cccc2c1OB(O)[C@@H](CC(=O)Cn1cc(C(=O)N3CCC(N)CC3)nn1)C2. The van der Waals surface area contributed by atoms with Gasteiger partial charge < -0.3 is 20.3 Å². The topological polar surface area (TPSA) is 141 Å². The molecule has 1 saturated heterocycles. The molecule has 2 aliphatic rings. The number of fused-ring (bicyclic) bond motifs is 1. The van der Waals surface area contributed by atoms with Gasteiger partial charge in [-0.2, -0.15) is 0 Å². The predicted octanol–water partition coefficient (Wildman–Crippen LogP) is 0.489. The molecule has 10 nitrogen and oxygen atoms in total. The molecule has 32 heavy (non-hydrogen) atoms. The summed E-state index contributed by atoms with van der Waals surface area (Å²) < 4.78 is 6.92. The van der Waals surface area contributed by atoms with E-state index in [-0.39, 0.29) is 42.2 Å². The molecule has 1 aromatic carbocycles. The molecule has 168 valence electrons. The van der Waals surface area contributed by atoms with Gasteiger partial charge in [0.2, 0.25) is 0 Å². The Hall–Kier alpha value is -3.05. The first kappa shape index (κ1) is 22.2. The molecule has 0 bridgehead atoms. The molecule has 1 fully saturated rings. The molecule has 3 N–H and O–H groups in total. The molecule has 11 heteroatoms. The Morgan fingerprint density at radius 3 is 2.75 bits per heavy atom. The van der Waals surface area contributed by atoms with Crippen LogP contribution in [0.4, 0.5) is 0 Å². The second-order valence-electron chi connectivity index (χ2n) is 8.50. The van der Waals surface area contributed by atoms with Crippen molar-refractivity contribution in [3.8, 4) is 5.75 Å². The third-order valence-corrected chi connectivity index (χ3v) is 6.01. The van der Waals surface area contributed by atoms with E-state index in [1.165, 1.54) is 17.8 Å². The molecule has 4 rings (SSSR count). The molecule has 0 saturated carbocycles. The maximum atomic E-state index is 12.6. The lowest BCUT2D eigenvalue weighted by atomic mass is 9.64. The van der Waals surface area contributed by atoms with E-state index in [9.17, 15) is 19.4 Å². The molecule has 0 unspecified atom stereocenters. The second kappa shape index (κ2) is 9.21. The van der Waals surface area contributed by atoms with E-state index < -0.39 is 12.9 Å². The third-order valence-electron chi connectivity index (χ3n) is 6.01. The van der Waals surface area contributed by atoms with Crippen molar-refractivity contribution in [2.45, 2.75) is 51.0 Å². The first-order valence-electron chi connectivity index (χ1n) is 10.8. The number of hydrogen-bond donors (Lipinski definition) is 2. The molecular weight excluding hydrogens is 413 g/mol. The van der Waals surface area contributed by atoms with E-state index in [1.54, 1.807) is 17.0 Å². The zero-order valence-corrected chi connectivity index (χ0v) is 17.9. The van der Waals surface area contributed by atoms with E-state index in [1.807, 2.05) is 6.07 Å². The van der Waals surface area contributed by atoms with Crippen LogP contribution in [0.1, 0.15) is 52.6 Å². The number of Topliss-reactive ketones (excluding diaryl/α,β-unsaturated/α-hetero) is 2. The number of hydrogen-bond acceptors (Lipinski definition) is 8. The highest BCUT2D eigenvalue weighted by atomic mass is 16.5. The summed E-state index contributed by atoms with van der Waals surface area (Å²) in [4.78, 5) is 38.7. The normalized spacial score (nSPS) is 18.8. The molecule has 1 aromatic heterocycles. The highest BCUT2D eigenvalue weighted by Gasteiger charge is 2.37. The Morgan fingerprint density at radius 2 is 2.03 bits per heavy atom. The number of nitrogens with two attached hydrogens (primary N) is 1. The number of carbonyl (C=O) groups excluding carboxylic acids is 3. The second-order valence-corrected chi connectivity index (χ2v) is 8.50. The Morgan fingerprint density at radius 1 is 1.28 bits per heavy atom. The fourth-order valence-electron chi connectivity index (χ4n) is 4.21. The summed E-state index contributed by atoms with van der Waals surface area (Å²) in [5.74, 6) is -0.595. The van der Waals surface area contributed by atoms with E-state index in [2.05, 4.69) is 10.3 Å². The number of piperidine rings is 1. The number of amides is 1. The van der Waals surface area contributed by atoms with Crippen LogP contribution in [-0.2, 0) is 17.8 Å².